The smallest absolute Gasteiger partial charge is 0.236 e. The Hall–Kier alpha value is -1.62. The molecule has 1 amide bonds. The first-order valence-electron chi connectivity index (χ1n) is 6.31. The third kappa shape index (κ3) is 3.20. The molecule has 0 atom stereocenters. The van der Waals surface area contributed by atoms with Gasteiger partial charge in [-0.3, -0.25) is 9.78 Å². The van der Waals surface area contributed by atoms with Crippen molar-refractivity contribution in [3.05, 3.63) is 23.5 Å². The summed E-state index contributed by atoms with van der Waals surface area (Å²) in [5.41, 5.74) is 1.44. The monoisotopic (exact) mass is 249 g/mol. The molecule has 1 aromatic heterocycles. The van der Waals surface area contributed by atoms with Crippen molar-refractivity contribution in [1.82, 2.24) is 15.2 Å². The van der Waals surface area contributed by atoms with E-state index in [9.17, 15) is 9.90 Å². The molecule has 0 aromatic carbocycles. The number of likely N-dealkylation sites (tertiary alicyclic amines) is 1. The van der Waals surface area contributed by atoms with Crippen LogP contribution in [0.15, 0.2) is 12.1 Å². The Labute approximate surface area is 107 Å². The van der Waals surface area contributed by atoms with Crippen LogP contribution in [0.3, 0.4) is 0 Å². The van der Waals surface area contributed by atoms with Crippen LogP contribution in [-0.4, -0.2) is 40.5 Å². The Balaban J connectivity index is 1.81. The molecule has 18 heavy (non-hydrogen) atoms. The molecule has 2 N–H and O–H groups in total. The molecule has 1 aromatic rings. The van der Waals surface area contributed by atoms with Crippen LogP contribution in [0.4, 0.5) is 0 Å². The van der Waals surface area contributed by atoms with Crippen LogP contribution in [0.2, 0.25) is 0 Å². The third-order valence-corrected chi connectivity index (χ3v) is 3.12. The summed E-state index contributed by atoms with van der Waals surface area (Å²) in [5, 5.41) is 12.6. The predicted molar refractivity (Wildman–Crippen MR) is 68.2 cm³/mol. The minimum absolute atomic E-state index is 0.125. The molecule has 0 radical (unpaired) electrons. The number of nitrogens with one attached hydrogen (secondary N) is 1. The van der Waals surface area contributed by atoms with Gasteiger partial charge in [-0.1, -0.05) is 0 Å². The third-order valence-electron chi connectivity index (χ3n) is 3.12. The van der Waals surface area contributed by atoms with Crippen LogP contribution in [0, 0.1) is 6.92 Å². The minimum Gasteiger partial charge on any atom is -0.506 e. The number of nitrogens with zero attached hydrogens (tertiary/aromatic N) is 2. The van der Waals surface area contributed by atoms with Gasteiger partial charge in [0.15, 0.2) is 0 Å². The van der Waals surface area contributed by atoms with Crippen LogP contribution >= 0.6 is 0 Å². The number of aryl methyl sites for hydroxylation is 1. The van der Waals surface area contributed by atoms with Gasteiger partial charge in [0.25, 0.3) is 0 Å². The highest BCUT2D eigenvalue weighted by Crippen LogP contribution is 2.14. The lowest BCUT2D eigenvalue weighted by Crippen LogP contribution is -2.36. The van der Waals surface area contributed by atoms with E-state index < -0.39 is 0 Å². The van der Waals surface area contributed by atoms with Crippen LogP contribution in [0.5, 0.6) is 5.75 Å². The van der Waals surface area contributed by atoms with Crippen molar-refractivity contribution in [2.75, 3.05) is 19.6 Å². The Morgan fingerprint density at radius 1 is 1.44 bits per heavy atom. The lowest BCUT2D eigenvalue weighted by molar-refractivity contribution is -0.129. The van der Waals surface area contributed by atoms with Crippen LogP contribution in [0.25, 0.3) is 0 Å². The van der Waals surface area contributed by atoms with Crippen molar-refractivity contribution < 1.29 is 9.90 Å². The molecule has 2 heterocycles. The predicted octanol–water partition coefficient (Wildman–Crippen LogP) is 0.808. The number of pyridine rings is 1. The van der Waals surface area contributed by atoms with Crippen LogP contribution < -0.4 is 5.32 Å². The van der Waals surface area contributed by atoms with Crippen LogP contribution in [-0.2, 0) is 11.3 Å². The van der Waals surface area contributed by atoms with Gasteiger partial charge in [0.05, 0.1) is 12.2 Å². The molecule has 0 bridgehead atoms. The molecule has 1 aliphatic heterocycles. The molecule has 1 fully saturated rings. The molecule has 1 saturated heterocycles. The second-order valence-corrected chi connectivity index (χ2v) is 4.61. The van der Waals surface area contributed by atoms with Crippen molar-refractivity contribution >= 4 is 5.91 Å². The molecule has 0 saturated carbocycles. The maximum Gasteiger partial charge on any atom is 0.236 e. The summed E-state index contributed by atoms with van der Waals surface area (Å²) in [6.07, 6.45) is 2.21. The van der Waals surface area contributed by atoms with E-state index in [1.807, 2.05) is 11.8 Å². The summed E-state index contributed by atoms with van der Waals surface area (Å²) in [7, 11) is 0. The first kappa shape index (κ1) is 12.8. The van der Waals surface area contributed by atoms with Gasteiger partial charge in [0.1, 0.15) is 5.75 Å². The van der Waals surface area contributed by atoms with Gasteiger partial charge >= 0.3 is 0 Å². The molecule has 1 aliphatic rings. The zero-order valence-electron chi connectivity index (χ0n) is 10.6. The van der Waals surface area contributed by atoms with E-state index >= 15 is 0 Å². The maximum absolute atomic E-state index is 11.8. The number of carbonyl (C=O) groups excluding carboxylic acids is 1. The van der Waals surface area contributed by atoms with Gasteiger partial charge in [-0.05, 0) is 31.9 Å². The number of aromatic hydroxyl groups is 1. The first-order chi connectivity index (χ1) is 8.66. The number of amides is 1. The highest BCUT2D eigenvalue weighted by Gasteiger charge is 2.17. The van der Waals surface area contributed by atoms with E-state index in [0.29, 0.717) is 18.8 Å². The standard InChI is InChI=1S/C13H19N3O2/c1-10-4-5-12(17)11(15-10)8-14-9-13(18)16-6-2-3-7-16/h4-5,14,17H,2-3,6-9H2,1H3. The molecular formula is C13H19N3O2. The molecule has 0 unspecified atom stereocenters. The van der Waals surface area contributed by atoms with Crippen molar-refractivity contribution in [2.45, 2.75) is 26.3 Å². The van der Waals surface area contributed by atoms with Gasteiger partial charge in [-0.2, -0.15) is 0 Å². The maximum atomic E-state index is 11.8. The Morgan fingerprint density at radius 2 is 2.17 bits per heavy atom. The molecule has 2 rings (SSSR count). The molecule has 98 valence electrons. The zero-order chi connectivity index (χ0) is 13.0. The highest BCUT2D eigenvalue weighted by molar-refractivity contribution is 5.78. The summed E-state index contributed by atoms with van der Waals surface area (Å²) in [5.74, 6) is 0.293. The number of hydrogen-bond donors (Lipinski definition) is 2. The lowest BCUT2D eigenvalue weighted by Gasteiger charge is -2.15. The van der Waals surface area contributed by atoms with Gasteiger partial charge in [0.2, 0.25) is 5.91 Å². The molecule has 5 nitrogen and oxygen atoms in total. The highest BCUT2D eigenvalue weighted by atomic mass is 16.3. The average Bonchev–Trinajstić information content (AvgIpc) is 2.87. The molecule has 0 spiro atoms. The normalized spacial score (nSPS) is 15.1. The van der Waals surface area contributed by atoms with Gasteiger partial charge in [0, 0.05) is 25.3 Å². The summed E-state index contributed by atoms with van der Waals surface area (Å²) in [6, 6.07) is 3.38. The Bertz CT molecular complexity index is 428. The van der Waals surface area contributed by atoms with E-state index in [4.69, 9.17) is 0 Å². The number of aromatic nitrogens is 1. The summed E-state index contributed by atoms with van der Waals surface area (Å²) < 4.78 is 0. The van der Waals surface area contributed by atoms with Crippen molar-refractivity contribution in [1.29, 1.82) is 0 Å². The second-order valence-electron chi connectivity index (χ2n) is 4.61. The number of rotatable bonds is 4. The van der Waals surface area contributed by atoms with E-state index in [2.05, 4.69) is 10.3 Å². The minimum atomic E-state index is 0.125. The van der Waals surface area contributed by atoms with Crippen molar-refractivity contribution in [3.8, 4) is 5.75 Å². The largest absolute Gasteiger partial charge is 0.506 e. The zero-order valence-corrected chi connectivity index (χ0v) is 10.6. The Morgan fingerprint density at radius 3 is 2.89 bits per heavy atom. The fraction of sp³-hybridized carbons (Fsp3) is 0.538. The van der Waals surface area contributed by atoms with Gasteiger partial charge < -0.3 is 15.3 Å². The number of carbonyl (C=O) groups is 1. The van der Waals surface area contributed by atoms with Crippen molar-refractivity contribution in [2.24, 2.45) is 0 Å². The average molecular weight is 249 g/mol. The van der Waals surface area contributed by atoms with Gasteiger partial charge in [-0.25, -0.2) is 0 Å². The fourth-order valence-electron chi connectivity index (χ4n) is 2.10. The van der Waals surface area contributed by atoms with E-state index in [1.54, 1.807) is 12.1 Å². The van der Waals surface area contributed by atoms with E-state index in [1.165, 1.54) is 0 Å². The van der Waals surface area contributed by atoms with Crippen LogP contribution in [0.1, 0.15) is 24.2 Å². The Kier molecular flexibility index (Phi) is 4.15. The summed E-state index contributed by atoms with van der Waals surface area (Å²) >= 11 is 0. The van der Waals surface area contributed by atoms with E-state index in [-0.39, 0.29) is 11.7 Å². The topological polar surface area (TPSA) is 65.5 Å². The first-order valence-corrected chi connectivity index (χ1v) is 6.31. The molecular weight excluding hydrogens is 230 g/mol. The fourth-order valence-corrected chi connectivity index (χ4v) is 2.10. The quantitative estimate of drug-likeness (QED) is 0.828. The molecule has 5 heteroatoms. The van der Waals surface area contributed by atoms with Crippen molar-refractivity contribution in [3.63, 3.8) is 0 Å². The summed E-state index contributed by atoms with van der Waals surface area (Å²) in [4.78, 5) is 17.9. The lowest BCUT2D eigenvalue weighted by atomic mass is 10.3. The van der Waals surface area contributed by atoms with E-state index in [0.717, 1.165) is 31.6 Å². The summed E-state index contributed by atoms with van der Waals surface area (Å²) in [6.45, 7) is 4.32. The number of hydrogen-bond acceptors (Lipinski definition) is 4. The molecule has 0 aliphatic carbocycles. The van der Waals surface area contributed by atoms with Gasteiger partial charge in [-0.15, -0.1) is 0 Å². The second kappa shape index (κ2) is 5.82. The SMILES string of the molecule is Cc1ccc(O)c(CNCC(=O)N2CCCC2)n1.